The molecule has 0 bridgehead atoms. The summed E-state index contributed by atoms with van der Waals surface area (Å²) in [6, 6.07) is 17.7. The molecular weight excluding hydrogens is 420 g/mol. The van der Waals surface area contributed by atoms with Crippen molar-refractivity contribution in [2.75, 3.05) is 13.2 Å². The van der Waals surface area contributed by atoms with Gasteiger partial charge in [-0.2, -0.15) is 15.3 Å². The van der Waals surface area contributed by atoms with Crippen molar-refractivity contribution in [3.63, 3.8) is 0 Å². The van der Waals surface area contributed by atoms with Crippen molar-refractivity contribution in [3.8, 4) is 17.2 Å². The van der Waals surface area contributed by atoms with Crippen LogP contribution in [0.5, 0.6) is 17.2 Å². The lowest BCUT2D eigenvalue weighted by molar-refractivity contribution is -0.123. The Balaban J connectivity index is 1.59. The highest BCUT2D eigenvalue weighted by Gasteiger charge is 2.07. The van der Waals surface area contributed by atoms with Crippen molar-refractivity contribution in [1.29, 1.82) is 0 Å². The maximum Gasteiger partial charge on any atom is 0.277 e. The van der Waals surface area contributed by atoms with Crippen molar-refractivity contribution in [3.05, 3.63) is 77.4 Å². The van der Waals surface area contributed by atoms with Crippen LogP contribution in [-0.4, -0.2) is 30.4 Å². The van der Waals surface area contributed by atoms with Gasteiger partial charge >= 0.3 is 0 Å². The number of nitrogens with zero attached hydrogens (tertiary/aromatic N) is 3. The summed E-state index contributed by atoms with van der Waals surface area (Å²) in [5, 5.41) is 22.4. The molecule has 3 aromatic rings. The second-order valence-electron chi connectivity index (χ2n) is 7.17. The van der Waals surface area contributed by atoms with Crippen molar-refractivity contribution in [2.45, 2.75) is 20.8 Å². The number of hydrogen-bond acceptors (Lipinski definition) is 7. The van der Waals surface area contributed by atoms with Crippen LogP contribution in [0.15, 0.2) is 76.0 Å². The Bertz CT molecular complexity index is 1170. The Hall–Kier alpha value is -4.20. The lowest BCUT2D eigenvalue weighted by Crippen LogP contribution is -2.24. The minimum absolute atomic E-state index is 0.0000195. The molecular formula is C25H26N4O4. The van der Waals surface area contributed by atoms with E-state index in [0.29, 0.717) is 29.4 Å². The van der Waals surface area contributed by atoms with E-state index in [1.165, 1.54) is 17.8 Å². The molecule has 0 atom stereocenters. The largest absolute Gasteiger partial charge is 0.507 e. The zero-order valence-corrected chi connectivity index (χ0v) is 18.8. The SMILES string of the molecule is CCOc1ccccc1OCC(=O)N/N=C/c1cc(N=Nc2ccc(C)c(C)c2)ccc1O. The van der Waals surface area contributed by atoms with Gasteiger partial charge in [-0.1, -0.05) is 18.2 Å². The zero-order chi connectivity index (χ0) is 23.6. The fraction of sp³-hybridized carbons (Fsp3) is 0.200. The molecule has 0 aromatic heterocycles. The molecule has 0 heterocycles. The van der Waals surface area contributed by atoms with Crippen LogP contribution in [-0.2, 0) is 4.79 Å². The van der Waals surface area contributed by atoms with Crippen molar-refractivity contribution >= 4 is 23.5 Å². The first-order valence-corrected chi connectivity index (χ1v) is 10.4. The van der Waals surface area contributed by atoms with Crippen molar-refractivity contribution in [2.24, 2.45) is 15.3 Å². The van der Waals surface area contributed by atoms with Gasteiger partial charge in [0.1, 0.15) is 5.75 Å². The van der Waals surface area contributed by atoms with Gasteiger partial charge in [0.2, 0.25) is 0 Å². The molecule has 170 valence electrons. The van der Waals surface area contributed by atoms with Gasteiger partial charge in [-0.15, -0.1) is 0 Å². The Morgan fingerprint density at radius 2 is 1.61 bits per heavy atom. The molecule has 0 unspecified atom stereocenters. The number of ether oxygens (including phenoxy) is 2. The van der Waals surface area contributed by atoms with E-state index in [1.807, 2.05) is 45.0 Å². The van der Waals surface area contributed by atoms with Gasteiger partial charge in [-0.05, 0) is 74.4 Å². The number of phenolic OH excluding ortho intramolecular Hbond substituents is 1. The van der Waals surface area contributed by atoms with Crippen LogP contribution in [0.4, 0.5) is 11.4 Å². The van der Waals surface area contributed by atoms with Crippen LogP contribution in [0, 0.1) is 13.8 Å². The first-order chi connectivity index (χ1) is 16.0. The topological polar surface area (TPSA) is 105 Å². The molecule has 2 N–H and O–H groups in total. The Morgan fingerprint density at radius 3 is 2.30 bits per heavy atom. The average molecular weight is 447 g/mol. The smallest absolute Gasteiger partial charge is 0.277 e. The summed E-state index contributed by atoms with van der Waals surface area (Å²) in [6.07, 6.45) is 1.33. The van der Waals surface area contributed by atoms with Gasteiger partial charge in [0.15, 0.2) is 18.1 Å². The summed E-state index contributed by atoms with van der Waals surface area (Å²) < 4.78 is 11.0. The lowest BCUT2D eigenvalue weighted by Gasteiger charge is -2.10. The van der Waals surface area contributed by atoms with Crippen LogP contribution >= 0.6 is 0 Å². The first kappa shape index (κ1) is 23.5. The molecule has 8 nitrogen and oxygen atoms in total. The quantitative estimate of drug-likeness (QED) is 0.262. The summed E-state index contributed by atoms with van der Waals surface area (Å²) in [7, 11) is 0. The molecule has 0 aliphatic rings. The average Bonchev–Trinajstić information content (AvgIpc) is 2.81. The number of amides is 1. The van der Waals surface area contributed by atoms with Crippen LogP contribution in [0.3, 0.4) is 0 Å². The number of hydrazone groups is 1. The fourth-order valence-corrected chi connectivity index (χ4v) is 2.80. The van der Waals surface area contributed by atoms with Gasteiger partial charge in [0.05, 0.1) is 24.2 Å². The number of aromatic hydroxyl groups is 1. The third-order valence-electron chi connectivity index (χ3n) is 4.68. The zero-order valence-electron chi connectivity index (χ0n) is 18.8. The maximum absolute atomic E-state index is 12.1. The summed E-state index contributed by atoms with van der Waals surface area (Å²) in [4.78, 5) is 12.1. The number of para-hydroxylation sites is 2. The van der Waals surface area contributed by atoms with Crippen LogP contribution < -0.4 is 14.9 Å². The number of benzene rings is 3. The highest BCUT2D eigenvalue weighted by Crippen LogP contribution is 2.26. The van der Waals surface area contributed by atoms with E-state index in [9.17, 15) is 9.90 Å². The standard InChI is InChI=1S/C25H26N4O4/c1-4-32-23-7-5-6-8-24(23)33-16-25(31)29-26-15-19-14-21(11-12-22(19)30)28-27-20-10-9-17(2)18(3)13-20/h5-15,30H,4,16H2,1-3H3,(H,29,31)/b26-15+,28-27?. The molecule has 3 aromatic carbocycles. The summed E-state index contributed by atoms with van der Waals surface area (Å²) in [5.74, 6) is 0.577. The normalized spacial score (nSPS) is 11.1. The molecule has 0 saturated carbocycles. The van der Waals surface area contributed by atoms with E-state index in [2.05, 4.69) is 20.8 Å². The highest BCUT2D eigenvalue weighted by atomic mass is 16.5. The predicted octanol–water partition coefficient (Wildman–Crippen LogP) is 5.35. The second kappa shape index (κ2) is 11.4. The molecule has 0 aliphatic carbocycles. The van der Waals surface area contributed by atoms with E-state index >= 15 is 0 Å². The Kier molecular flexibility index (Phi) is 8.13. The number of carbonyl (C=O) groups is 1. The number of aryl methyl sites for hydroxylation is 2. The molecule has 3 rings (SSSR count). The fourth-order valence-electron chi connectivity index (χ4n) is 2.80. The monoisotopic (exact) mass is 446 g/mol. The number of rotatable bonds is 9. The number of nitrogens with one attached hydrogen (secondary N) is 1. The maximum atomic E-state index is 12.1. The van der Waals surface area contributed by atoms with Gasteiger partial charge < -0.3 is 14.6 Å². The van der Waals surface area contributed by atoms with E-state index in [4.69, 9.17) is 9.47 Å². The number of carbonyl (C=O) groups excluding carboxylic acids is 1. The van der Waals surface area contributed by atoms with Crippen LogP contribution in [0.2, 0.25) is 0 Å². The van der Waals surface area contributed by atoms with E-state index in [1.54, 1.807) is 30.3 Å². The molecule has 33 heavy (non-hydrogen) atoms. The van der Waals surface area contributed by atoms with Crippen LogP contribution in [0.1, 0.15) is 23.6 Å². The molecule has 0 fully saturated rings. The minimum Gasteiger partial charge on any atom is -0.507 e. The third-order valence-corrected chi connectivity index (χ3v) is 4.68. The molecule has 8 heteroatoms. The number of azo groups is 1. The second-order valence-corrected chi connectivity index (χ2v) is 7.17. The Morgan fingerprint density at radius 1 is 0.939 bits per heavy atom. The molecule has 0 radical (unpaired) electrons. The molecule has 0 spiro atoms. The van der Waals surface area contributed by atoms with E-state index in [-0.39, 0.29) is 12.4 Å². The summed E-state index contributed by atoms with van der Waals surface area (Å²) in [6.45, 7) is 6.17. The van der Waals surface area contributed by atoms with Crippen molar-refractivity contribution < 1.29 is 19.4 Å². The molecule has 0 saturated heterocycles. The number of phenols is 1. The van der Waals surface area contributed by atoms with E-state index in [0.717, 1.165) is 11.3 Å². The van der Waals surface area contributed by atoms with Crippen molar-refractivity contribution in [1.82, 2.24) is 5.43 Å². The van der Waals surface area contributed by atoms with Gasteiger partial charge in [-0.3, -0.25) is 4.79 Å². The van der Waals surface area contributed by atoms with Gasteiger partial charge in [0.25, 0.3) is 5.91 Å². The highest BCUT2D eigenvalue weighted by molar-refractivity contribution is 5.86. The Labute approximate surface area is 192 Å². The lowest BCUT2D eigenvalue weighted by atomic mass is 10.1. The van der Waals surface area contributed by atoms with E-state index < -0.39 is 5.91 Å². The summed E-state index contributed by atoms with van der Waals surface area (Å²) >= 11 is 0. The molecule has 1 amide bonds. The predicted molar refractivity (Wildman–Crippen MR) is 127 cm³/mol. The summed E-state index contributed by atoms with van der Waals surface area (Å²) in [5.41, 5.74) is 6.34. The first-order valence-electron chi connectivity index (χ1n) is 10.4. The van der Waals surface area contributed by atoms with Gasteiger partial charge in [0, 0.05) is 5.56 Å². The van der Waals surface area contributed by atoms with Gasteiger partial charge in [-0.25, -0.2) is 5.43 Å². The van der Waals surface area contributed by atoms with Crippen LogP contribution in [0.25, 0.3) is 0 Å². The third kappa shape index (κ3) is 6.90. The minimum atomic E-state index is -0.456. The number of hydrogen-bond donors (Lipinski definition) is 2. The molecule has 0 aliphatic heterocycles.